The van der Waals surface area contributed by atoms with E-state index in [9.17, 15) is 4.79 Å². The number of aromatic nitrogens is 2. The summed E-state index contributed by atoms with van der Waals surface area (Å²) in [6.45, 7) is 2.57. The summed E-state index contributed by atoms with van der Waals surface area (Å²) in [4.78, 5) is 23.5. The van der Waals surface area contributed by atoms with Gasteiger partial charge in [-0.05, 0) is 36.8 Å². The Kier molecular flexibility index (Phi) is 6.70. The Bertz CT molecular complexity index is 900. The van der Waals surface area contributed by atoms with Gasteiger partial charge in [0.25, 0.3) is 5.91 Å². The van der Waals surface area contributed by atoms with Crippen molar-refractivity contribution in [3.05, 3.63) is 89.9 Å². The summed E-state index contributed by atoms with van der Waals surface area (Å²) in [5, 5.41) is 3.05. The van der Waals surface area contributed by atoms with Crippen molar-refractivity contribution in [1.29, 1.82) is 0 Å². The number of hydrogen-bond acceptors (Lipinski definition) is 4. The highest BCUT2D eigenvalue weighted by Gasteiger charge is 2.17. The molecule has 0 unspecified atom stereocenters. The molecule has 1 aliphatic rings. The molecule has 1 N–H and O–H groups in total. The fourth-order valence-corrected chi connectivity index (χ4v) is 4.08. The van der Waals surface area contributed by atoms with Crippen LogP contribution in [0.2, 0.25) is 0 Å². The number of nitrogens with zero attached hydrogens (tertiary/aromatic N) is 3. The monoisotopic (exact) mass is 400 g/mol. The lowest BCUT2D eigenvalue weighted by Crippen LogP contribution is -2.31. The maximum absolute atomic E-state index is 12.7. The Morgan fingerprint density at radius 1 is 0.900 bits per heavy atom. The summed E-state index contributed by atoms with van der Waals surface area (Å²) in [7, 11) is 0. The van der Waals surface area contributed by atoms with Crippen LogP contribution in [0.1, 0.15) is 53.2 Å². The molecule has 0 saturated carbocycles. The van der Waals surface area contributed by atoms with Crippen molar-refractivity contribution in [2.24, 2.45) is 0 Å². The van der Waals surface area contributed by atoms with Gasteiger partial charge in [0.05, 0.1) is 0 Å². The van der Waals surface area contributed by atoms with Crippen LogP contribution in [0.15, 0.2) is 73.1 Å². The lowest BCUT2D eigenvalue weighted by Gasteiger charge is -2.27. The normalized spacial score (nSPS) is 14.0. The second kappa shape index (κ2) is 10.0. The van der Waals surface area contributed by atoms with Crippen LogP contribution in [0.25, 0.3) is 0 Å². The Balaban J connectivity index is 1.40. The molecule has 1 aromatic heterocycles. The molecule has 1 aliphatic heterocycles. The highest BCUT2D eigenvalue weighted by Crippen LogP contribution is 2.27. The summed E-state index contributed by atoms with van der Waals surface area (Å²) < 4.78 is 0. The highest BCUT2D eigenvalue weighted by molar-refractivity contribution is 5.92. The molecule has 4 rings (SSSR count). The van der Waals surface area contributed by atoms with Crippen LogP contribution in [0.4, 0.5) is 5.82 Å². The maximum atomic E-state index is 12.7. The molecule has 1 saturated heterocycles. The number of piperidine rings is 1. The molecule has 2 aromatic carbocycles. The SMILES string of the molecule is O=C(NCCC(c1ccccc1)c1ccccc1)c1cc(N2CCCCC2)ncn1. The van der Waals surface area contributed by atoms with E-state index in [0.29, 0.717) is 12.2 Å². The van der Waals surface area contributed by atoms with Crippen LogP contribution in [0, 0.1) is 0 Å². The number of amides is 1. The quantitative estimate of drug-likeness (QED) is 0.638. The van der Waals surface area contributed by atoms with Crippen LogP contribution >= 0.6 is 0 Å². The van der Waals surface area contributed by atoms with Gasteiger partial charge in [-0.15, -0.1) is 0 Å². The van der Waals surface area contributed by atoms with Crippen LogP contribution in [-0.2, 0) is 0 Å². The lowest BCUT2D eigenvalue weighted by atomic mass is 9.88. The Labute approximate surface area is 178 Å². The Morgan fingerprint density at radius 3 is 2.17 bits per heavy atom. The van der Waals surface area contributed by atoms with E-state index in [1.54, 1.807) is 0 Å². The van der Waals surface area contributed by atoms with Crippen LogP contribution < -0.4 is 10.2 Å². The number of rotatable bonds is 7. The van der Waals surface area contributed by atoms with Gasteiger partial charge in [0.15, 0.2) is 0 Å². The molecule has 2 heterocycles. The van der Waals surface area contributed by atoms with Gasteiger partial charge in [0.1, 0.15) is 17.8 Å². The van der Waals surface area contributed by atoms with Crippen molar-refractivity contribution in [3.63, 3.8) is 0 Å². The minimum Gasteiger partial charge on any atom is -0.357 e. The van der Waals surface area contributed by atoms with Crippen molar-refractivity contribution < 1.29 is 4.79 Å². The van der Waals surface area contributed by atoms with E-state index in [-0.39, 0.29) is 11.8 Å². The van der Waals surface area contributed by atoms with Crippen molar-refractivity contribution >= 4 is 11.7 Å². The number of hydrogen-bond donors (Lipinski definition) is 1. The minimum absolute atomic E-state index is 0.143. The summed E-state index contributed by atoms with van der Waals surface area (Å²) in [6, 6.07) is 22.7. The zero-order valence-electron chi connectivity index (χ0n) is 17.2. The first kappa shape index (κ1) is 20.1. The number of carbonyl (C=O) groups excluding carboxylic acids is 1. The zero-order chi connectivity index (χ0) is 20.6. The molecule has 3 aromatic rings. The second-order valence-corrected chi connectivity index (χ2v) is 7.73. The highest BCUT2D eigenvalue weighted by atomic mass is 16.1. The predicted octanol–water partition coefficient (Wildman–Crippen LogP) is 4.42. The first-order chi connectivity index (χ1) is 14.8. The lowest BCUT2D eigenvalue weighted by molar-refractivity contribution is 0.0947. The van der Waals surface area contributed by atoms with Crippen LogP contribution in [0.5, 0.6) is 0 Å². The molecular weight excluding hydrogens is 372 g/mol. The number of anilines is 1. The topological polar surface area (TPSA) is 58.1 Å². The number of carbonyl (C=O) groups is 1. The van der Waals surface area contributed by atoms with E-state index >= 15 is 0 Å². The van der Waals surface area contributed by atoms with E-state index in [2.05, 4.69) is 68.7 Å². The molecule has 0 bridgehead atoms. The van der Waals surface area contributed by atoms with E-state index in [1.165, 1.54) is 36.7 Å². The van der Waals surface area contributed by atoms with E-state index in [0.717, 1.165) is 25.3 Å². The standard InChI is InChI=1S/C25H28N4O/c30-25(23-18-24(28-19-27-23)29-16-8-3-9-17-29)26-15-14-22(20-10-4-1-5-11-20)21-12-6-2-7-13-21/h1-2,4-7,10-13,18-19,22H,3,8-9,14-17H2,(H,26,30). The molecular formula is C25H28N4O. The molecule has 30 heavy (non-hydrogen) atoms. The average molecular weight is 401 g/mol. The van der Waals surface area contributed by atoms with E-state index in [4.69, 9.17) is 0 Å². The van der Waals surface area contributed by atoms with Crippen LogP contribution in [0.3, 0.4) is 0 Å². The molecule has 0 atom stereocenters. The zero-order valence-corrected chi connectivity index (χ0v) is 17.2. The fourth-order valence-electron chi connectivity index (χ4n) is 4.08. The van der Waals surface area contributed by atoms with E-state index in [1.807, 2.05) is 18.2 Å². The van der Waals surface area contributed by atoms with Gasteiger partial charge in [-0.25, -0.2) is 9.97 Å². The average Bonchev–Trinajstić information content (AvgIpc) is 2.83. The van der Waals surface area contributed by atoms with Gasteiger partial charge in [0, 0.05) is 31.6 Å². The Hall–Kier alpha value is -3.21. The largest absolute Gasteiger partial charge is 0.357 e. The van der Waals surface area contributed by atoms with Crippen molar-refractivity contribution in [3.8, 4) is 0 Å². The second-order valence-electron chi connectivity index (χ2n) is 7.73. The van der Waals surface area contributed by atoms with Gasteiger partial charge in [-0.2, -0.15) is 0 Å². The fraction of sp³-hybridized carbons (Fsp3) is 0.320. The van der Waals surface area contributed by atoms with Gasteiger partial charge in [-0.1, -0.05) is 60.7 Å². The van der Waals surface area contributed by atoms with Crippen molar-refractivity contribution in [2.75, 3.05) is 24.5 Å². The van der Waals surface area contributed by atoms with Gasteiger partial charge in [0.2, 0.25) is 0 Å². The molecule has 1 amide bonds. The third kappa shape index (κ3) is 5.03. The number of benzene rings is 2. The van der Waals surface area contributed by atoms with Gasteiger partial charge >= 0.3 is 0 Å². The third-order valence-electron chi connectivity index (χ3n) is 5.69. The summed E-state index contributed by atoms with van der Waals surface area (Å²) >= 11 is 0. The van der Waals surface area contributed by atoms with E-state index < -0.39 is 0 Å². The maximum Gasteiger partial charge on any atom is 0.270 e. The molecule has 0 aliphatic carbocycles. The van der Waals surface area contributed by atoms with Gasteiger partial charge in [-0.3, -0.25) is 4.79 Å². The molecule has 0 radical (unpaired) electrons. The Morgan fingerprint density at radius 2 is 1.53 bits per heavy atom. The summed E-state index contributed by atoms with van der Waals surface area (Å²) in [5.74, 6) is 0.943. The molecule has 154 valence electrons. The number of nitrogens with one attached hydrogen (secondary N) is 1. The molecule has 5 nitrogen and oxygen atoms in total. The molecule has 0 spiro atoms. The smallest absolute Gasteiger partial charge is 0.270 e. The predicted molar refractivity (Wildman–Crippen MR) is 120 cm³/mol. The summed E-state index contributed by atoms with van der Waals surface area (Å²) in [5.41, 5.74) is 2.95. The minimum atomic E-state index is -0.143. The first-order valence-corrected chi connectivity index (χ1v) is 10.8. The van der Waals surface area contributed by atoms with Gasteiger partial charge < -0.3 is 10.2 Å². The summed E-state index contributed by atoms with van der Waals surface area (Å²) in [6.07, 6.45) is 5.93. The molecule has 5 heteroatoms. The molecule has 1 fully saturated rings. The first-order valence-electron chi connectivity index (χ1n) is 10.8. The van der Waals surface area contributed by atoms with Crippen LogP contribution in [-0.4, -0.2) is 35.5 Å². The van der Waals surface area contributed by atoms with Crippen molar-refractivity contribution in [2.45, 2.75) is 31.6 Å². The van der Waals surface area contributed by atoms with Crippen molar-refractivity contribution in [1.82, 2.24) is 15.3 Å². The third-order valence-corrected chi connectivity index (χ3v) is 5.69.